The average molecular weight is 235 g/mol. The number of H-pyrrole nitrogens is 1. The number of aromatic nitrogens is 1. The van der Waals surface area contributed by atoms with Gasteiger partial charge < -0.3 is 4.98 Å². The maximum atomic E-state index is 12.2. The van der Waals surface area contributed by atoms with E-state index in [-0.39, 0.29) is 6.20 Å². The molecule has 1 nitrogen and oxygen atoms in total. The van der Waals surface area contributed by atoms with E-state index in [0.29, 0.717) is 0 Å². The molecule has 1 rings (SSSR count). The largest absolute Gasteiger partial charge is 0.431 e. The second kappa shape index (κ2) is 3.74. The first kappa shape index (κ1) is 11.9. The van der Waals surface area contributed by atoms with Crippen LogP contribution in [0.2, 0.25) is 0 Å². The summed E-state index contributed by atoms with van der Waals surface area (Å²) in [6.45, 7) is 0. The third kappa shape index (κ3) is 2.24. The van der Waals surface area contributed by atoms with Crippen molar-refractivity contribution < 1.29 is 30.7 Å². The molecule has 0 bridgehead atoms. The first-order valence-electron chi connectivity index (χ1n) is 3.59. The summed E-state index contributed by atoms with van der Waals surface area (Å²) < 4.78 is 84.7. The second-order valence-electron chi connectivity index (χ2n) is 2.63. The van der Waals surface area contributed by atoms with E-state index in [1.54, 1.807) is 0 Å². The Morgan fingerprint density at radius 1 is 1.00 bits per heavy atom. The molecule has 15 heavy (non-hydrogen) atoms. The topological polar surface area (TPSA) is 15.8 Å². The molecular weight excluding hydrogens is 231 g/mol. The van der Waals surface area contributed by atoms with Gasteiger partial charge in [-0.25, -0.2) is 17.6 Å². The molecule has 0 aliphatic heterocycles. The van der Waals surface area contributed by atoms with Crippen LogP contribution in [0, 0.1) is 0 Å². The van der Waals surface area contributed by atoms with Crippen LogP contribution in [0.4, 0.5) is 30.7 Å². The van der Waals surface area contributed by atoms with Gasteiger partial charge in [-0.15, -0.1) is 0 Å². The number of nitrogens with one attached hydrogen (secondary N) is 1. The number of alkyl halides is 7. The highest BCUT2D eigenvalue weighted by Gasteiger charge is 2.40. The quantitative estimate of drug-likeness (QED) is 0.748. The Labute approximate surface area is 78.9 Å². The summed E-state index contributed by atoms with van der Waals surface area (Å²) in [6.07, 6.45) is -11.8. The molecule has 1 heterocycles. The van der Waals surface area contributed by atoms with Gasteiger partial charge in [0.15, 0.2) is 0 Å². The molecule has 0 atom stereocenters. The van der Waals surface area contributed by atoms with Gasteiger partial charge in [-0.1, -0.05) is 0 Å². The number of rotatable bonds is 2. The highest BCUT2D eigenvalue weighted by atomic mass is 19.4. The van der Waals surface area contributed by atoms with Crippen LogP contribution in [0.15, 0.2) is 6.20 Å². The summed E-state index contributed by atoms with van der Waals surface area (Å²) in [4.78, 5) is 1.39. The molecule has 0 spiro atoms. The molecule has 1 aromatic heterocycles. The van der Waals surface area contributed by atoms with Crippen LogP contribution in [0.25, 0.3) is 0 Å². The molecule has 0 aliphatic rings. The Kier molecular flexibility index (Phi) is 2.96. The smallest absolute Gasteiger partial charge is 0.357 e. The fourth-order valence-electron chi connectivity index (χ4n) is 1.10. The minimum Gasteiger partial charge on any atom is -0.357 e. The minimum absolute atomic E-state index is 0.245. The zero-order chi connectivity index (χ0) is 11.8. The third-order valence-electron chi connectivity index (χ3n) is 1.69. The normalized spacial score (nSPS) is 12.9. The van der Waals surface area contributed by atoms with E-state index in [2.05, 4.69) is 0 Å². The lowest BCUT2D eigenvalue weighted by Gasteiger charge is -2.08. The van der Waals surface area contributed by atoms with E-state index >= 15 is 0 Å². The van der Waals surface area contributed by atoms with E-state index in [9.17, 15) is 30.7 Å². The van der Waals surface area contributed by atoms with Gasteiger partial charge in [-0.3, -0.25) is 0 Å². The zero-order valence-electron chi connectivity index (χ0n) is 6.88. The van der Waals surface area contributed by atoms with Crippen molar-refractivity contribution in [2.24, 2.45) is 0 Å². The van der Waals surface area contributed by atoms with Crippen LogP contribution in [0.1, 0.15) is 29.7 Å². The Bertz CT molecular complexity index is 338. The van der Waals surface area contributed by atoms with E-state index in [4.69, 9.17) is 0 Å². The fourth-order valence-corrected chi connectivity index (χ4v) is 1.10. The van der Waals surface area contributed by atoms with Crippen molar-refractivity contribution in [3.05, 3.63) is 23.0 Å². The molecule has 0 radical (unpaired) electrons. The van der Waals surface area contributed by atoms with E-state index in [1.807, 2.05) is 0 Å². The summed E-state index contributed by atoms with van der Waals surface area (Å²) in [5.41, 5.74) is -4.83. The molecule has 0 saturated heterocycles. The first-order valence-corrected chi connectivity index (χ1v) is 3.59. The average Bonchev–Trinajstić information content (AvgIpc) is 2.45. The molecule has 1 N–H and O–H groups in total. The minimum atomic E-state index is -5.10. The Morgan fingerprint density at radius 2 is 1.53 bits per heavy atom. The molecule has 1 aromatic rings. The Hall–Kier alpha value is -1.21. The van der Waals surface area contributed by atoms with Gasteiger partial charge in [-0.05, 0) is 0 Å². The van der Waals surface area contributed by atoms with Crippen molar-refractivity contribution in [1.29, 1.82) is 0 Å². The highest BCUT2D eigenvalue weighted by molar-refractivity contribution is 5.34. The van der Waals surface area contributed by atoms with Crippen molar-refractivity contribution in [3.8, 4) is 0 Å². The lowest BCUT2D eigenvalue weighted by molar-refractivity contribution is -0.142. The van der Waals surface area contributed by atoms with Gasteiger partial charge in [-0.2, -0.15) is 13.2 Å². The van der Waals surface area contributed by atoms with E-state index in [1.165, 1.54) is 4.98 Å². The van der Waals surface area contributed by atoms with Gasteiger partial charge >= 0.3 is 6.18 Å². The molecule has 0 fully saturated rings. The Morgan fingerprint density at radius 3 is 1.87 bits per heavy atom. The molecule has 0 saturated carbocycles. The number of halogens is 7. The van der Waals surface area contributed by atoms with Gasteiger partial charge in [0, 0.05) is 11.8 Å². The lowest BCUT2D eigenvalue weighted by atomic mass is 10.1. The fraction of sp³-hybridized carbons (Fsp3) is 0.429. The van der Waals surface area contributed by atoms with E-state index in [0.717, 1.165) is 0 Å². The number of hydrogen-bond acceptors (Lipinski definition) is 0. The van der Waals surface area contributed by atoms with Crippen LogP contribution in [-0.4, -0.2) is 4.98 Å². The predicted molar refractivity (Wildman–Crippen MR) is 35.7 cm³/mol. The number of aromatic amines is 1. The Balaban J connectivity index is 3.31. The molecular formula is C7H4F7N. The van der Waals surface area contributed by atoms with Crippen LogP contribution < -0.4 is 0 Å². The van der Waals surface area contributed by atoms with Crippen molar-refractivity contribution in [1.82, 2.24) is 4.98 Å². The molecule has 8 heteroatoms. The van der Waals surface area contributed by atoms with Crippen molar-refractivity contribution in [2.45, 2.75) is 19.0 Å². The summed E-state index contributed by atoms with van der Waals surface area (Å²) >= 11 is 0. The molecule has 0 unspecified atom stereocenters. The second-order valence-corrected chi connectivity index (χ2v) is 2.63. The van der Waals surface area contributed by atoms with Crippen LogP contribution in [-0.2, 0) is 6.18 Å². The highest BCUT2D eigenvalue weighted by Crippen LogP contribution is 2.40. The monoisotopic (exact) mass is 235 g/mol. The van der Waals surface area contributed by atoms with Crippen LogP contribution in [0.5, 0.6) is 0 Å². The summed E-state index contributed by atoms with van der Waals surface area (Å²) in [5.74, 6) is 0. The van der Waals surface area contributed by atoms with E-state index < -0.39 is 35.8 Å². The van der Waals surface area contributed by atoms with Gasteiger partial charge in [0.2, 0.25) is 0 Å². The lowest BCUT2D eigenvalue weighted by Crippen LogP contribution is -2.09. The molecule has 86 valence electrons. The summed E-state index contributed by atoms with van der Waals surface area (Å²) in [5, 5.41) is 0. The van der Waals surface area contributed by atoms with Crippen molar-refractivity contribution in [2.75, 3.05) is 0 Å². The van der Waals surface area contributed by atoms with Gasteiger partial charge in [0.05, 0.1) is 5.56 Å². The molecule has 0 aliphatic carbocycles. The van der Waals surface area contributed by atoms with Crippen LogP contribution in [0.3, 0.4) is 0 Å². The summed E-state index contributed by atoms with van der Waals surface area (Å²) in [6, 6.07) is 0. The first-order chi connectivity index (χ1) is 6.75. The van der Waals surface area contributed by atoms with Crippen molar-refractivity contribution >= 4 is 0 Å². The molecule has 0 amide bonds. The van der Waals surface area contributed by atoms with Gasteiger partial charge in [0.25, 0.3) is 12.9 Å². The molecule has 0 aromatic carbocycles. The van der Waals surface area contributed by atoms with Crippen LogP contribution >= 0.6 is 0 Å². The SMILES string of the molecule is FC(F)c1c[nH]c(C(F)(F)F)c1C(F)F. The van der Waals surface area contributed by atoms with Gasteiger partial charge in [0.1, 0.15) is 5.69 Å². The standard InChI is InChI=1S/C7H4F7N/c8-5(9)2-1-15-4(7(12,13)14)3(2)6(10)11/h1,5-6,15H. The predicted octanol–water partition coefficient (Wildman–Crippen LogP) is 3.91. The third-order valence-corrected chi connectivity index (χ3v) is 1.69. The van der Waals surface area contributed by atoms with Crippen molar-refractivity contribution in [3.63, 3.8) is 0 Å². The summed E-state index contributed by atoms with van der Waals surface area (Å²) in [7, 11) is 0. The number of hydrogen-bond donors (Lipinski definition) is 1. The maximum Gasteiger partial charge on any atom is 0.431 e. The maximum absolute atomic E-state index is 12.2. The zero-order valence-corrected chi connectivity index (χ0v) is 6.88.